The number of hydrogen-bond acceptors (Lipinski definition) is 3. The molecule has 2 rings (SSSR count). The zero-order valence-corrected chi connectivity index (χ0v) is 12.1. The third-order valence-electron chi connectivity index (χ3n) is 3.07. The first-order chi connectivity index (χ1) is 9.44. The summed E-state index contributed by atoms with van der Waals surface area (Å²) in [6.45, 7) is 5.73. The maximum Gasteiger partial charge on any atom is 0.278 e. The van der Waals surface area contributed by atoms with Crippen molar-refractivity contribution in [3.63, 3.8) is 0 Å². The predicted octanol–water partition coefficient (Wildman–Crippen LogP) is 3.08. The largest absolute Gasteiger partial charge is 0.278 e. The minimum atomic E-state index is -0.448. The van der Waals surface area contributed by atoms with Gasteiger partial charge in [-0.25, -0.2) is 9.86 Å². The summed E-state index contributed by atoms with van der Waals surface area (Å²) < 4.78 is 0. The Morgan fingerprint density at radius 2 is 2.05 bits per heavy atom. The Bertz CT molecular complexity index is 553. The third-order valence-corrected chi connectivity index (χ3v) is 3.07. The number of amides is 1. The zero-order chi connectivity index (χ0) is 14.8. The summed E-state index contributed by atoms with van der Waals surface area (Å²) in [5.74, 6) is 1.66. The molecule has 0 aromatic heterocycles. The molecule has 0 N–H and O–H groups in total. The molecular weight excluding hydrogens is 254 g/mol. The van der Waals surface area contributed by atoms with Gasteiger partial charge in [-0.15, -0.1) is 0 Å². The lowest BCUT2D eigenvalue weighted by molar-refractivity contribution is -0.214. The monoisotopic (exact) mass is 273 g/mol. The van der Waals surface area contributed by atoms with Crippen molar-refractivity contribution in [2.75, 3.05) is 0 Å². The van der Waals surface area contributed by atoms with Crippen LogP contribution in [-0.4, -0.2) is 22.5 Å². The number of fused-ring (bicyclic) bond motifs is 1. The number of rotatable bonds is 4. The highest BCUT2D eigenvalue weighted by Gasteiger charge is 2.39. The van der Waals surface area contributed by atoms with Crippen molar-refractivity contribution in [1.82, 2.24) is 5.06 Å². The Hall–Kier alpha value is -1.90. The Morgan fingerprint density at radius 3 is 2.70 bits per heavy atom. The lowest BCUT2D eigenvalue weighted by atomic mass is 10.0. The summed E-state index contributed by atoms with van der Waals surface area (Å²) in [5.41, 5.74) is 1.19. The molecule has 0 fully saturated rings. The van der Waals surface area contributed by atoms with Crippen molar-refractivity contribution in [2.45, 2.75) is 45.3 Å². The fourth-order valence-corrected chi connectivity index (χ4v) is 2.34. The number of hydroxylamine groups is 2. The van der Waals surface area contributed by atoms with Gasteiger partial charge in [0.15, 0.2) is 0 Å². The highest BCUT2D eigenvalue weighted by molar-refractivity contribution is 5.98. The Kier molecular flexibility index (Phi) is 4.07. The van der Waals surface area contributed by atoms with Crippen LogP contribution in [-0.2, 0) is 9.63 Å². The van der Waals surface area contributed by atoms with Gasteiger partial charge in [0.05, 0.1) is 11.6 Å². The highest BCUT2D eigenvalue weighted by atomic mass is 16.7. The molecule has 0 bridgehead atoms. The van der Waals surface area contributed by atoms with E-state index < -0.39 is 5.60 Å². The first-order valence-electron chi connectivity index (χ1n) is 6.75. The van der Waals surface area contributed by atoms with Gasteiger partial charge in [-0.2, -0.15) is 0 Å². The molecule has 1 aromatic rings. The van der Waals surface area contributed by atoms with Crippen molar-refractivity contribution in [3.8, 4) is 0 Å². The second kappa shape index (κ2) is 5.61. The summed E-state index contributed by atoms with van der Waals surface area (Å²) in [6, 6.07) is 7.36. The number of nitrogens with zero attached hydrogens (tertiary/aromatic N) is 1. The Morgan fingerprint density at radius 1 is 1.35 bits per heavy atom. The standard InChI is InChI=1S/C16H19NO3/c1-16(2,3)20-17-14(10-6-7-11-18)12-8-4-5-9-13(12)15(17)19/h4-5,7-9,14H,6,10H2,1-3H3. The maximum absolute atomic E-state index is 12.4. The molecule has 1 amide bonds. The van der Waals surface area contributed by atoms with Gasteiger partial charge in [0, 0.05) is 5.56 Å². The molecule has 20 heavy (non-hydrogen) atoms. The van der Waals surface area contributed by atoms with Crippen LogP contribution < -0.4 is 0 Å². The Balaban J connectivity index is 2.30. The van der Waals surface area contributed by atoms with Gasteiger partial charge in [0.2, 0.25) is 0 Å². The number of hydrogen-bond donors (Lipinski definition) is 0. The van der Waals surface area contributed by atoms with Gasteiger partial charge in [0.1, 0.15) is 5.94 Å². The lowest BCUT2D eigenvalue weighted by Gasteiger charge is -2.31. The van der Waals surface area contributed by atoms with Crippen molar-refractivity contribution < 1.29 is 14.4 Å². The summed E-state index contributed by atoms with van der Waals surface area (Å²) in [5, 5.41) is 1.45. The van der Waals surface area contributed by atoms with E-state index in [1.807, 2.05) is 45.0 Å². The molecule has 0 aliphatic carbocycles. The number of carbonyl (C=O) groups is 1. The van der Waals surface area contributed by atoms with E-state index in [2.05, 4.69) is 0 Å². The molecule has 1 aliphatic heterocycles. The van der Waals surface area contributed by atoms with E-state index in [9.17, 15) is 9.59 Å². The molecule has 0 spiro atoms. The van der Waals surface area contributed by atoms with Crippen molar-refractivity contribution in [2.24, 2.45) is 0 Å². The molecule has 0 saturated heterocycles. The van der Waals surface area contributed by atoms with Crippen LogP contribution in [0.25, 0.3) is 0 Å². The molecule has 1 unspecified atom stereocenters. The molecular formula is C16H19NO3. The molecule has 1 atom stereocenters. The van der Waals surface area contributed by atoms with E-state index in [0.717, 1.165) is 5.56 Å². The van der Waals surface area contributed by atoms with Crippen molar-refractivity contribution in [1.29, 1.82) is 0 Å². The van der Waals surface area contributed by atoms with Crippen LogP contribution in [0.15, 0.2) is 30.3 Å². The van der Waals surface area contributed by atoms with Gasteiger partial charge in [-0.3, -0.25) is 9.63 Å². The topological polar surface area (TPSA) is 46.6 Å². The lowest BCUT2D eigenvalue weighted by Crippen LogP contribution is -2.36. The summed E-state index contributed by atoms with van der Waals surface area (Å²) in [6.07, 6.45) is 2.66. The van der Waals surface area contributed by atoms with Crippen molar-refractivity contribution in [3.05, 3.63) is 41.5 Å². The van der Waals surface area contributed by atoms with E-state index >= 15 is 0 Å². The summed E-state index contributed by atoms with van der Waals surface area (Å²) >= 11 is 0. The molecule has 1 aliphatic rings. The fourth-order valence-electron chi connectivity index (χ4n) is 2.34. The van der Waals surface area contributed by atoms with Gasteiger partial charge < -0.3 is 0 Å². The van der Waals surface area contributed by atoms with E-state index in [0.29, 0.717) is 18.4 Å². The molecule has 4 heteroatoms. The van der Waals surface area contributed by atoms with Gasteiger partial charge in [-0.05, 0) is 51.3 Å². The van der Waals surface area contributed by atoms with Crippen LogP contribution in [0.3, 0.4) is 0 Å². The van der Waals surface area contributed by atoms with Crippen LogP contribution in [0.1, 0.15) is 55.6 Å². The third kappa shape index (κ3) is 2.98. The van der Waals surface area contributed by atoms with Crippen molar-refractivity contribution >= 4 is 11.8 Å². The minimum Gasteiger partial charge on any atom is -0.267 e. The quantitative estimate of drug-likeness (QED) is 0.792. The fraction of sp³-hybridized carbons (Fsp3) is 0.438. The molecule has 1 aromatic carbocycles. The summed E-state index contributed by atoms with van der Waals surface area (Å²) in [4.78, 5) is 28.5. The van der Waals surface area contributed by atoms with E-state index in [-0.39, 0.29) is 11.9 Å². The normalized spacial score (nSPS) is 17.9. The average Bonchev–Trinajstić information content (AvgIpc) is 2.63. The summed E-state index contributed by atoms with van der Waals surface area (Å²) in [7, 11) is 0. The Labute approximate surface area is 119 Å². The zero-order valence-electron chi connectivity index (χ0n) is 12.1. The molecule has 106 valence electrons. The molecule has 0 saturated carbocycles. The molecule has 1 heterocycles. The highest BCUT2D eigenvalue weighted by Crippen LogP contribution is 2.38. The average molecular weight is 273 g/mol. The van der Waals surface area contributed by atoms with Crippen LogP contribution in [0.4, 0.5) is 0 Å². The van der Waals surface area contributed by atoms with Gasteiger partial charge in [0.25, 0.3) is 5.91 Å². The van der Waals surface area contributed by atoms with Crippen LogP contribution in [0, 0.1) is 0 Å². The minimum absolute atomic E-state index is 0.115. The molecule has 4 nitrogen and oxygen atoms in total. The SMILES string of the molecule is CC(C)(C)ON1C(=O)c2ccccc2C1CCC=C=O. The second-order valence-electron chi connectivity index (χ2n) is 5.84. The number of benzene rings is 1. The number of allylic oxidation sites excluding steroid dienone is 1. The van der Waals surface area contributed by atoms with Gasteiger partial charge >= 0.3 is 0 Å². The van der Waals surface area contributed by atoms with E-state index in [4.69, 9.17) is 4.84 Å². The predicted molar refractivity (Wildman–Crippen MR) is 75.7 cm³/mol. The maximum atomic E-state index is 12.4. The van der Waals surface area contributed by atoms with E-state index in [1.165, 1.54) is 11.1 Å². The van der Waals surface area contributed by atoms with Gasteiger partial charge in [-0.1, -0.05) is 18.2 Å². The smallest absolute Gasteiger partial charge is 0.267 e. The number of carbonyl (C=O) groups excluding carboxylic acids is 2. The second-order valence-corrected chi connectivity index (χ2v) is 5.84. The molecule has 0 radical (unpaired) electrons. The van der Waals surface area contributed by atoms with Crippen LogP contribution in [0.2, 0.25) is 0 Å². The first-order valence-corrected chi connectivity index (χ1v) is 6.75. The van der Waals surface area contributed by atoms with Crippen LogP contribution >= 0.6 is 0 Å². The van der Waals surface area contributed by atoms with Crippen LogP contribution in [0.5, 0.6) is 0 Å². The first kappa shape index (κ1) is 14.5. The van der Waals surface area contributed by atoms with E-state index in [1.54, 1.807) is 5.94 Å².